The lowest BCUT2D eigenvalue weighted by Gasteiger charge is -1.98. The summed E-state index contributed by atoms with van der Waals surface area (Å²) in [6.07, 6.45) is 5.26. The summed E-state index contributed by atoms with van der Waals surface area (Å²) >= 11 is 0. The number of H-pyrrole nitrogens is 1. The third-order valence-electron chi connectivity index (χ3n) is 3.75. The Morgan fingerprint density at radius 3 is 2.72 bits per heavy atom. The molecule has 0 spiro atoms. The minimum Gasteiger partial charge on any atom is -0.492 e. The topological polar surface area (TPSA) is 85.7 Å². The zero-order valence-electron chi connectivity index (χ0n) is 13.2. The molecule has 3 N–H and O–H groups in total. The highest BCUT2D eigenvalue weighted by Crippen LogP contribution is 2.33. The number of benzene rings is 2. The second kappa shape index (κ2) is 6.45. The molecule has 1 aromatic heterocycles. The number of imidazole rings is 1. The van der Waals surface area contributed by atoms with Crippen LogP contribution in [0.4, 0.5) is 11.6 Å². The number of aromatic nitrogens is 2. The van der Waals surface area contributed by atoms with Crippen molar-refractivity contribution in [2.24, 2.45) is 10.1 Å². The van der Waals surface area contributed by atoms with Gasteiger partial charge in [0, 0.05) is 17.4 Å². The van der Waals surface area contributed by atoms with Crippen LogP contribution in [0.2, 0.25) is 0 Å². The second-order valence-electron chi connectivity index (χ2n) is 5.48. The summed E-state index contributed by atoms with van der Waals surface area (Å²) in [5.74, 6) is 0.266. The Bertz CT molecular complexity index is 986. The molecule has 0 aliphatic carbocycles. The molecule has 0 fully saturated rings. The maximum Gasteiger partial charge on any atom is 0.238 e. The van der Waals surface area contributed by atoms with Crippen molar-refractivity contribution >= 4 is 35.7 Å². The Morgan fingerprint density at radius 2 is 1.84 bits per heavy atom. The molecular weight excluding hydrogens is 314 g/mol. The lowest BCUT2D eigenvalue weighted by atomic mass is 10.1. The predicted molar refractivity (Wildman–Crippen MR) is 100 cm³/mol. The van der Waals surface area contributed by atoms with E-state index in [4.69, 9.17) is 0 Å². The van der Waals surface area contributed by atoms with E-state index in [1.807, 2.05) is 60.7 Å². The summed E-state index contributed by atoms with van der Waals surface area (Å²) in [4.78, 5) is 11.4. The van der Waals surface area contributed by atoms with E-state index >= 15 is 0 Å². The Labute approximate surface area is 144 Å². The van der Waals surface area contributed by atoms with Gasteiger partial charge in [-0.3, -0.25) is 4.99 Å². The van der Waals surface area contributed by atoms with Crippen LogP contribution in [-0.2, 0) is 0 Å². The molecule has 6 heteroatoms. The number of para-hydroxylation sites is 1. The Hall–Kier alpha value is -3.67. The van der Waals surface area contributed by atoms with Gasteiger partial charge in [-0.25, -0.2) is 5.43 Å². The maximum atomic E-state index is 10.0. The maximum absolute atomic E-state index is 10.0. The van der Waals surface area contributed by atoms with Crippen LogP contribution in [0.25, 0.3) is 11.6 Å². The number of hydrazone groups is 1. The van der Waals surface area contributed by atoms with Gasteiger partial charge in [-0.05, 0) is 17.7 Å². The van der Waals surface area contributed by atoms with Crippen molar-refractivity contribution in [2.45, 2.75) is 0 Å². The molecule has 25 heavy (non-hydrogen) atoms. The molecule has 6 nitrogen and oxygen atoms in total. The molecule has 3 aromatic rings. The van der Waals surface area contributed by atoms with Crippen molar-refractivity contribution in [1.29, 1.82) is 0 Å². The summed E-state index contributed by atoms with van der Waals surface area (Å²) < 4.78 is 0. The van der Waals surface area contributed by atoms with Gasteiger partial charge in [0.2, 0.25) is 11.8 Å². The third-order valence-corrected chi connectivity index (χ3v) is 3.75. The number of hydrogen-bond donors (Lipinski definition) is 3. The number of aromatic hydroxyl groups is 1. The summed E-state index contributed by atoms with van der Waals surface area (Å²) in [5.41, 5.74) is 7.09. The van der Waals surface area contributed by atoms with Gasteiger partial charge in [0.25, 0.3) is 0 Å². The third kappa shape index (κ3) is 3.18. The number of fused-ring (bicyclic) bond motifs is 1. The van der Waals surface area contributed by atoms with Gasteiger partial charge in [0.1, 0.15) is 5.69 Å². The number of allylic oxidation sites excluding steroid dienone is 1. The molecule has 0 saturated carbocycles. The van der Waals surface area contributed by atoms with Gasteiger partial charge in [0.15, 0.2) is 0 Å². The molecule has 2 heterocycles. The van der Waals surface area contributed by atoms with Crippen molar-refractivity contribution in [3.63, 3.8) is 0 Å². The van der Waals surface area contributed by atoms with Crippen molar-refractivity contribution in [3.05, 3.63) is 71.4 Å². The van der Waals surface area contributed by atoms with Crippen LogP contribution in [0.5, 0.6) is 5.88 Å². The zero-order chi connectivity index (χ0) is 17.1. The molecule has 2 aromatic carbocycles. The average Bonchev–Trinajstić information content (AvgIpc) is 3.20. The summed E-state index contributed by atoms with van der Waals surface area (Å²) in [5, 5.41) is 14.1. The van der Waals surface area contributed by atoms with E-state index in [1.165, 1.54) is 0 Å². The first-order chi connectivity index (χ1) is 12.3. The standard InChI is InChI=1S/C19H15N5O/c25-18-17(10-14-12-20-16-9-5-4-8-15(14)16)22-19(23-18)24-21-11-13-6-2-1-3-7-13/h1-12,25H,(H2,22,23,24)/b14-10?,21-11+. The van der Waals surface area contributed by atoms with Crippen LogP contribution in [-0.4, -0.2) is 27.5 Å². The van der Waals surface area contributed by atoms with Crippen molar-refractivity contribution in [1.82, 2.24) is 9.97 Å². The fourth-order valence-corrected chi connectivity index (χ4v) is 2.55. The summed E-state index contributed by atoms with van der Waals surface area (Å²) in [6.45, 7) is 0. The second-order valence-corrected chi connectivity index (χ2v) is 5.48. The molecular formula is C19H15N5O. The molecule has 0 bridgehead atoms. The lowest BCUT2D eigenvalue weighted by molar-refractivity contribution is 0.455. The van der Waals surface area contributed by atoms with Crippen LogP contribution < -0.4 is 5.43 Å². The molecule has 0 radical (unpaired) electrons. The highest BCUT2D eigenvalue weighted by Gasteiger charge is 2.13. The van der Waals surface area contributed by atoms with E-state index in [9.17, 15) is 5.11 Å². The largest absolute Gasteiger partial charge is 0.492 e. The van der Waals surface area contributed by atoms with Gasteiger partial charge in [-0.1, -0.05) is 48.5 Å². The highest BCUT2D eigenvalue weighted by molar-refractivity contribution is 6.21. The van der Waals surface area contributed by atoms with Crippen LogP contribution in [0.15, 0.2) is 64.7 Å². The SMILES string of the molecule is Oc1nc(N/N=C/c2ccccc2)[nH]c1C=C1C=Nc2ccccc21. The monoisotopic (exact) mass is 329 g/mol. The van der Waals surface area contributed by atoms with Gasteiger partial charge in [-0.15, -0.1) is 0 Å². The first-order valence-corrected chi connectivity index (χ1v) is 7.78. The minimum atomic E-state index is -0.0947. The lowest BCUT2D eigenvalue weighted by Crippen LogP contribution is -1.92. The first-order valence-electron chi connectivity index (χ1n) is 7.78. The quantitative estimate of drug-likeness (QED) is 0.502. The molecule has 122 valence electrons. The Morgan fingerprint density at radius 1 is 1.04 bits per heavy atom. The van der Waals surface area contributed by atoms with Crippen molar-refractivity contribution < 1.29 is 5.11 Å². The van der Waals surface area contributed by atoms with Crippen LogP contribution in [0.3, 0.4) is 0 Å². The van der Waals surface area contributed by atoms with E-state index in [1.54, 1.807) is 12.4 Å². The zero-order valence-corrected chi connectivity index (χ0v) is 13.2. The van der Waals surface area contributed by atoms with Crippen LogP contribution in [0.1, 0.15) is 16.8 Å². The van der Waals surface area contributed by atoms with E-state index in [2.05, 4.69) is 25.5 Å². The highest BCUT2D eigenvalue weighted by atomic mass is 16.3. The molecule has 1 aliphatic rings. The average molecular weight is 329 g/mol. The molecule has 0 saturated heterocycles. The summed E-state index contributed by atoms with van der Waals surface area (Å²) in [7, 11) is 0. The number of aromatic amines is 1. The van der Waals surface area contributed by atoms with Gasteiger partial charge in [-0.2, -0.15) is 10.1 Å². The smallest absolute Gasteiger partial charge is 0.238 e. The summed E-state index contributed by atoms with van der Waals surface area (Å²) in [6, 6.07) is 17.5. The molecule has 0 unspecified atom stereocenters. The fraction of sp³-hybridized carbons (Fsp3) is 0. The Balaban J connectivity index is 1.53. The van der Waals surface area contributed by atoms with Crippen molar-refractivity contribution in [2.75, 3.05) is 5.43 Å². The van der Waals surface area contributed by atoms with E-state index in [0.717, 1.165) is 22.4 Å². The van der Waals surface area contributed by atoms with Crippen LogP contribution in [0, 0.1) is 0 Å². The number of aliphatic imine (C=N–C) groups is 1. The molecule has 1 aliphatic heterocycles. The molecule has 0 amide bonds. The van der Waals surface area contributed by atoms with Gasteiger partial charge in [0.05, 0.1) is 11.9 Å². The van der Waals surface area contributed by atoms with Crippen molar-refractivity contribution in [3.8, 4) is 5.88 Å². The van der Waals surface area contributed by atoms with E-state index in [-0.39, 0.29) is 5.88 Å². The number of hydrogen-bond acceptors (Lipinski definition) is 5. The molecule has 0 atom stereocenters. The van der Waals surface area contributed by atoms with Crippen LogP contribution >= 0.6 is 0 Å². The Kier molecular flexibility index (Phi) is 3.84. The number of anilines is 1. The molecule has 4 rings (SSSR count). The number of nitrogens with one attached hydrogen (secondary N) is 2. The predicted octanol–water partition coefficient (Wildman–Crippen LogP) is 3.82. The van der Waals surface area contributed by atoms with E-state index in [0.29, 0.717) is 11.6 Å². The minimum absolute atomic E-state index is 0.0947. The fourth-order valence-electron chi connectivity index (χ4n) is 2.55. The van der Waals surface area contributed by atoms with Gasteiger partial charge < -0.3 is 10.1 Å². The number of rotatable bonds is 4. The van der Waals surface area contributed by atoms with Gasteiger partial charge >= 0.3 is 0 Å². The normalized spacial score (nSPS) is 14.3. The first kappa shape index (κ1) is 14.9. The number of nitrogens with zero attached hydrogens (tertiary/aromatic N) is 3. The van der Waals surface area contributed by atoms with E-state index < -0.39 is 0 Å².